The number of imidazole rings is 1. The van der Waals surface area contributed by atoms with Crippen LogP contribution in [0, 0.1) is 20.8 Å². The van der Waals surface area contributed by atoms with Gasteiger partial charge in [0.05, 0.1) is 11.0 Å². The second kappa shape index (κ2) is 3.98. The van der Waals surface area contributed by atoms with Gasteiger partial charge in [0.2, 0.25) is 0 Å². The number of hydrogen-bond donors (Lipinski definition) is 1. The highest BCUT2D eigenvalue weighted by Gasteiger charge is 2.10. The van der Waals surface area contributed by atoms with Gasteiger partial charge in [-0.3, -0.25) is 0 Å². The highest BCUT2D eigenvalue weighted by Crippen LogP contribution is 2.30. The van der Waals surface area contributed by atoms with Crippen LogP contribution in [0.15, 0.2) is 36.4 Å². The summed E-state index contributed by atoms with van der Waals surface area (Å²) >= 11 is 0. The first-order chi connectivity index (χ1) is 8.66. The Morgan fingerprint density at radius 3 is 2.44 bits per heavy atom. The van der Waals surface area contributed by atoms with E-state index in [0.29, 0.717) is 0 Å². The molecule has 0 saturated carbocycles. The molecule has 1 N–H and O–H groups in total. The maximum Gasteiger partial charge on any atom is 0.104 e. The third-order valence-corrected chi connectivity index (χ3v) is 3.53. The van der Waals surface area contributed by atoms with Gasteiger partial charge in [-0.05, 0) is 43.5 Å². The highest BCUT2D eigenvalue weighted by molar-refractivity contribution is 5.93. The van der Waals surface area contributed by atoms with Crippen LogP contribution >= 0.6 is 0 Å². The first-order valence-corrected chi connectivity index (χ1v) is 6.19. The Bertz CT molecular complexity index is 723. The number of fused-ring (bicyclic) bond motifs is 1. The molecule has 0 atom stereocenters. The van der Waals surface area contributed by atoms with Crippen molar-refractivity contribution in [1.82, 2.24) is 9.97 Å². The van der Waals surface area contributed by atoms with E-state index in [9.17, 15) is 0 Å². The molecule has 2 nitrogen and oxygen atoms in total. The number of hydrogen-bond acceptors (Lipinski definition) is 1. The number of aromatic amines is 1. The Morgan fingerprint density at radius 2 is 1.61 bits per heavy atom. The number of aromatic nitrogens is 2. The van der Waals surface area contributed by atoms with Gasteiger partial charge >= 0.3 is 0 Å². The van der Waals surface area contributed by atoms with Crippen LogP contribution in [0.4, 0.5) is 0 Å². The minimum Gasteiger partial charge on any atom is -0.342 e. The first-order valence-electron chi connectivity index (χ1n) is 6.19. The average Bonchev–Trinajstić information content (AvgIpc) is 2.73. The van der Waals surface area contributed by atoms with Gasteiger partial charge in [0.25, 0.3) is 0 Å². The summed E-state index contributed by atoms with van der Waals surface area (Å²) in [4.78, 5) is 7.90. The lowest BCUT2D eigenvalue weighted by atomic mass is 9.96. The van der Waals surface area contributed by atoms with Crippen LogP contribution in [0.3, 0.4) is 0 Å². The highest BCUT2D eigenvalue weighted by atomic mass is 14.9. The smallest absolute Gasteiger partial charge is 0.104 e. The summed E-state index contributed by atoms with van der Waals surface area (Å²) in [5, 5.41) is 0. The van der Waals surface area contributed by atoms with Crippen molar-refractivity contribution in [2.45, 2.75) is 20.8 Å². The molecule has 18 heavy (non-hydrogen) atoms. The molecule has 0 unspecified atom stereocenters. The molecule has 0 bridgehead atoms. The van der Waals surface area contributed by atoms with Gasteiger partial charge in [-0.2, -0.15) is 0 Å². The van der Waals surface area contributed by atoms with Crippen LogP contribution in [0.5, 0.6) is 0 Å². The Kier molecular flexibility index (Phi) is 2.44. The number of rotatable bonds is 1. The van der Waals surface area contributed by atoms with Crippen molar-refractivity contribution in [1.29, 1.82) is 0 Å². The Morgan fingerprint density at radius 1 is 0.889 bits per heavy atom. The van der Waals surface area contributed by atoms with Gasteiger partial charge < -0.3 is 4.98 Å². The molecule has 1 heterocycles. The molecule has 90 valence electrons. The van der Waals surface area contributed by atoms with E-state index in [1.165, 1.54) is 22.3 Å². The van der Waals surface area contributed by atoms with Crippen LogP contribution in [-0.2, 0) is 0 Å². The van der Waals surface area contributed by atoms with Crippen molar-refractivity contribution in [2.75, 3.05) is 0 Å². The molecule has 3 rings (SSSR count). The molecule has 0 saturated heterocycles. The molecule has 2 heteroatoms. The zero-order chi connectivity index (χ0) is 12.7. The van der Waals surface area contributed by atoms with Gasteiger partial charge in [-0.25, -0.2) is 4.98 Å². The van der Waals surface area contributed by atoms with Crippen LogP contribution in [0.1, 0.15) is 17.0 Å². The van der Waals surface area contributed by atoms with E-state index in [1.807, 2.05) is 6.92 Å². The summed E-state index contributed by atoms with van der Waals surface area (Å²) in [7, 11) is 0. The third-order valence-electron chi connectivity index (χ3n) is 3.53. The fourth-order valence-corrected chi connectivity index (χ4v) is 2.42. The molecule has 0 amide bonds. The minimum absolute atomic E-state index is 0.961. The lowest BCUT2D eigenvalue weighted by Gasteiger charge is -2.09. The Hall–Kier alpha value is -2.09. The average molecular weight is 236 g/mol. The fraction of sp³-hybridized carbons (Fsp3) is 0.188. The van der Waals surface area contributed by atoms with E-state index < -0.39 is 0 Å². The Balaban J connectivity index is 2.34. The van der Waals surface area contributed by atoms with Crippen molar-refractivity contribution in [3.63, 3.8) is 0 Å². The second-order valence-electron chi connectivity index (χ2n) is 4.77. The maximum absolute atomic E-state index is 4.60. The maximum atomic E-state index is 4.60. The molecule has 3 aromatic rings. The monoisotopic (exact) mass is 236 g/mol. The summed E-state index contributed by atoms with van der Waals surface area (Å²) < 4.78 is 0. The zero-order valence-corrected chi connectivity index (χ0v) is 10.9. The van der Waals surface area contributed by atoms with E-state index in [4.69, 9.17) is 0 Å². The van der Waals surface area contributed by atoms with Crippen LogP contribution in [0.25, 0.3) is 22.2 Å². The molecule has 1 aromatic heterocycles. The van der Waals surface area contributed by atoms with E-state index in [0.717, 1.165) is 16.9 Å². The fourth-order valence-electron chi connectivity index (χ4n) is 2.42. The normalized spacial score (nSPS) is 11.1. The molecular weight excluding hydrogens is 220 g/mol. The van der Waals surface area contributed by atoms with Crippen LogP contribution in [0.2, 0.25) is 0 Å². The van der Waals surface area contributed by atoms with E-state index in [-0.39, 0.29) is 0 Å². The van der Waals surface area contributed by atoms with Crippen molar-refractivity contribution in [3.05, 3.63) is 53.3 Å². The summed E-state index contributed by atoms with van der Waals surface area (Å²) in [6.07, 6.45) is 0. The SMILES string of the molecule is Cc1nc2c(-c3cccc(C)c3C)cccc2[nH]1. The number of para-hydroxylation sites is 1. The number of benzene rings is 2. The number of H-pyrrole nitrogens is 1. The zero-order valence-electron chi connectivity index (χ0n) is 10.9. The first kappa shape index (κ1) is 11.0. The van der Waals surface area contributed by atoms with Gasteiger partial charge in [0, 0.05) is 5.56 Å². The van der Waals surface area contributed by atoms with Crippen molar-refractivity contribution in [2.24, 2.45) is 0 Å². The van der Waals surface area contributed by atoms with Crippen molar-refractivity contribution in [3.8, 4) is 11.1 Å². The molecule has 0 aliphatic rings. The quantitative estimate of drug-likeness (QED) is 0.675. The lowest BCUT2D eigenvalue weighted by Crippen LogP contribution is -1.88. The Labute approximate surface area is 107 Å². The topological polar surface area (TPSA) is 28.7 Å². The van der Waals surface area contributed by atoms with Crippen LogP contribution < -0.4 is 0 Å². The summed E-state index contributed by atoms with van der Waals surface area (Å²) in [6, 6.07) is 12.7. The van der Waals surface area contributed by atoms with Gasteiger partial charge in [-0.15, -0.1) is 0 Å². The predicted octanol–water partition coefficient (Wildman–Crippen LogP) is 4.16. The molecule has 0 spiro atoms. The van der Waals surface area contributed by atoms with E-state index >= 15 is 0 Å². The number of nitrogens with zero attached hydrogens (tertiary/aromatic N) is 1. The minimum atomic E-state index is 0.961. The van der Waals surface area contributed by atoms with Gasteiger partial charge in [-0.1, -0.05) is 30.3 Å². The molecule has 0 aliphatic heterocycles. The molecule has 0 radical (unpaired) electrons. The van der Waals surface area contributed by atoms with Crippen molar-refractivity contribution < 1.29 is 0 Å². The number of aryl methyl sites for hydroxylation is 2. The predicted molar refractivity (Wildman–Crippen MR) is 75.7 cm³/mol. The second-order valence-corrected chi connectivity index (χ2v) is 4.77. The molecule has 0 fully saturated rings. The van der Waals surface area contributed by atoms with E-state index in [1.54, 1.807) is 0 Å². The number of nitrogens with one attached hydrogen (secondary N) is 1. The largest absolute Gasteiger partial charge is 0.342 e. The summed E-state index contributed by atoms with van der Waals surface area (Å²) in [5.41, 5.74) is 7.28. The van der Waals surface area contributed by atoms with Crippen LogP contribution in [-0.4, -0.2) is 9.97 Å². The lowest BCUT2D eigenvalue weighted by molar-refractivity contribution is 1.17. The summed E-state index contributed by atoms with van der Waals surface area (Å²) in [5.74, 6) is 0.961. The molecule has 2 aromatic carbocycles. The van der Waals surface area contributed by atoms with Gasteiger partial charge in [0.15, 0.2) is 0 Å². The van der Waals surface area contributed by atoms with Crippen molar-refractivity contribution >= 4 is 11.0 Å². The third kappa shape index (κ3) is 1.61. The summed E-state index contributed by atoms with van der Waals surface area (Å²) in [6.45, 7) is 6.31. The standard InChI is InChI=1S/C16H16N2/c1-10-6-4-7-13(11(10)2)14-8-5-9-15-16(14)18-12(3)17-15/h4-9H,1-3H3,(H,17,18). The molecule has 0 aliphatic carbocycles. The van der Waals surface area contributed by atoms with Gasteiger partial charge in [0.1, 0.15) is 5.82 Å². The van der Waals surface area contributed by atoms with E-state index in [2.05, 4.69) is 60.2 Å². The molecular formula is C16H16N2.